The number of ether oxygens (including phenoxy) is 1. The highest BCUT2D eigenvalue weighted by Crippen LogP contribution is 2.04. The van der Waals surface area contributed by atoms with Crippen molar-refractivity contribution in [1.82, 2.24) is 5.32 Å². The van der Waals surface area contributed by atoms with E-state index in [1.807, 2.05) is 78.9 Å². The molecule has 0 aliphatic rings. The van der Waals surface area contributed by atoms with Crippen molar-refractivity contribution < 1.29 is 9.53 Å². The van der Waals surface area contributed by atoms with E-state index in [-0.39, 0.29) is 6.09 Å². The Kier molecular flexibility index (Phi) is 16.7. The van der Waals surface area contributed by atoms with Gasteiger partial charge in [-0.25, -0.2) is 4.79 Å². The summed E-state index contributed by atoms with van der Waals surface area (Å²) < 4.78 is 5.14. The van der Waals surface area contributed by atoms with Crippen molar-refractivity contribution in [3.05, 3.63) is 144 Å². The van der Waals surface area contributed by atoms with Gasteiger partial charge in [0.05, 0.1) is 6.61 Å². The molecule has 4 aromatic carbocycles. The molecule has 0 aromatic heterocycles. The Morgan fingerprint density at radius 1 is 0.632 bits per heavy atom. The molecule has 4 aromatic rings. The number of carbonyl (C=O) groups excluding carboxylic acids is 1. The van der Waals surface area contributed by atoms with Crippen molar-refractivity contribution in [2.75, 3.05) is 11.9 Å². The second-order valence-electron chi connectivity index (χ2n) is 8.53. The number of amides is 1. The van der Waals surface area contributed by atoms with Crippen molar-refractivity contribution in [1.29, 1.82) is 0 Å². The highest BCUT2D eigenvalue weighted by molar-refractivity contribution is 9.09. The number of carbonyl (C=O) groups is 1. The summed E-state index contributed by atoms with van der Waals surface area (Å²) in [6.45, 7) is 1.58. The van der Waals surface area contributed by atoms with E-state index >= 15 is 0 Å². The van der Waals surface area contributed by atoms with Crippen LogP contribution >= 0.6 is 15.9 Å². The summed E-state index contributed by atoms with van der Waals surface area (Å²) in [5.41, 5.74) is 10.3. The number of halogens is 1. The van der Waals surface area contributed by atoms with E-state index in [1.165, 1.54) is 29.5 Å². The van der Waals surface area contributed by atoms with Crippen LogP contribution in [0.25, 0.3) is 0 Å². The number of rotatable bonds is 10. The molecule has 1 amide bonds. The van der Waals surface area contributed by atoms with Crippen molar-refractivity contribution in [3.8, 4) is 0 Å². The number of nitrogens with one attached hydrogen (secondary N) is 1. The van der Waals surface area contributed by atoms with Crippen molar-refractivity contribution in [2.45, 2.75) is 38.8 Å². The van der Waals surface area contributed by atoms with Gasteiger partial charge in [-0.05, 0) is 47.9 Å². The van der Waals surface area contributed by atoms with Crippen molar-refractivity contribution in [2.24, 2.45) is 5.73 Å². The van der Waals surface area contributed by atoms with Crippen molar-refractivity contribution in [3.63, 3.8) is 0 Å². The van der Waals surface area contributed by atoms with Crippen molar-refractivity contribution >= 4 is 22.0 Å². The van der Waals surface area contributed by atoms with Gasteiger partial charge in [-0.1, -0.05) is 137 Å². The van der Waals surface area contributed by atoms with Crippen LogP contribution in [0.4, 0.5) is 4.79 Å². The maximum Gasteiger partial charge on any atom is 0.407 e. The number of nitrogens with two attached hydrogens (primary N) is 1. The molecule has 4 rings (SSSR count). The van der Waals surface area contributed by atoms with Crippen LogP contribution in [0.3, 0.4) is 0 Å². The van der Waals surface area contributed by atoms with Gasteiger partial charge in [-0.3, -0.25) is 0 Å². The first kappa shape index (κ1) is 30.8. The third-order valence-electron chi connectivity index (χ3n) is 5.49. The second-order valence-corrected chi connectivity index (χ2v) is 9.33. The van der Waals surface area contributed by atoms with Gasteiger partial charge in [0.1, 0.15) is 0 Å². The molecular weight excluding hydrogens is 536 g/mol. The van der Waals surface area contributed by atoms with Gasteiger partial charge < -0.3 is 15.8 Å². The van der Waals surface area contributed by atoms with Gasteiger partial charge in [0.15, 0.2) is 0 Å². The Morgan fingerprint density at radius 2 is 1.05 bits per heavy atom. The summed E-state index contributed by atoms with van der Waals surface area (Å²) in [4.78, 5) is 11.5. The van der Waals surface area contributed by atoms with Crippen LogP contribution in [0.15, 0.2) is 121 Å². The van der Waals surface area contributed by atoms with Crippen LogP contribution in [-0.2, 0) is 30.7 Å². The van der Waals surface area contributed by atoms with Gasteiger partial charge >= 0.3 is 6.09 Å². The zero-order chi connectivity index (χ0) is 27.1. The van der Waals surface area contributed by atoms with Crippen LogP contribution in [0.5, 0.6) is 0 Å². The average molecular weight is 576 g/mol. The maximum atomic E-state index is 11.5. The number of alkyl halides is 1. The van der Waals surface area contributed by atoms with Gasteiger partial charge in [-0.15, -0.1) is 0 Å². The first-order valence-electron chi connectivity index (χ1n) is 13.0. The number of aryl methyl sites for hydroxylation is 2. The van der Waals surface area contributed by atoms with Crippen LogP contribution in [-0.4, -0.2) is 18.0 Å². The summed E-state index contributed by atoms with van der Waals surface area (Å²) in [5.74, 6) is 0. The first-order valence-corrected chi connectivity index (χ1v) is 14.2. The van der Waals surface area contributed by atoms with E-state index in [4.69, 9.17) is 10.5 Å². The Balaban J connectivity index is 0.000000233. The third kappa shape index (κ3) is 15.0. The fourth-order valence-electron chi connectivity index (χ4n) is 3.44. The lowest BCUT2D eigenvalue weighted by molar-refractivity contribution is 0.144. The lowest BCUT2D eigenvalue weighted by Gasteiger charge is -2.07. The summed E-state index contributed by atoms with van der Waals surface area (Å²) >= 11 is 3.41. The van der Waals surface area contributed by atoms with Crippen LogP contribution in [0, 0.1) is 0 Å². The fraction of sp³-hybridized carbons (Fsp3) is 0.242. The molecule has 0 aliphatic heterocycles. The zero-order valence-corrected chi connectivity index (χ0v) is 23.6. The quantitative estimate of drug-likeness (QED) is 0.150. The Morgan fingerprint density at radius 3 is 1.47 bits per heavy atom. The number of hydrogen-bond acceptors (Lipinski definition) is 3. The van der Waals surface area contributed by atoms with E-state index < -0.39 is 0 Å². The first-order chi connectivity index (χ1) is 18.7. The maximum absolute atomic E-state index is 11.5. The molecule has 0 saturated heterocycles. The standard InChI is InChI=1S/C17H19NO2.C9H11Br.C7H9N/c19-17(18-14-16-10-5-2-6-11-16)20-13-7-12-15-8-3-1-4-9-15;10-8-4-7-9-5-2-1-3-6-9;8-6-7-4-2-1-3-5-7/h1-6,8-11H,7,12-14H2,(H,18,19);1-3,5-6H,4,7-8H2;1-5H,6,8H2. The van der Waals surface area contributed by atoms with Gasteiger partial charge in [0, 0.05) is 18.4 Å². The molecule has 4 nitrogen and oxygen atoms in total. The van der Waals surface area contributed by atoms with E-state index in [1.54, 1.807) is 0 Å². The van der Waals surface area contributed by atoms with Gasteiger partial charge in [0.25, 0.3) is 0 Å². The molecule has 0 heterocycles. The molecule has 38 heavy (non-hydrogen) atoms. The molecular formula is C33H39BrN2O2. The van der Waals surface area contributed by atoms with Crippen LogP contribution < -0.4 is 11.1 Å². The predicted octanol–water partition coefficient (Wildman–Crippen LogP) is 7.71. The monoisotopic (exact) mass is 574 g/mol. The molecule has 0 unspecified atom stereocenters. The number of alkyl carbamates (subject to hydrolysis) is 1. The minimum atomic E-state index is -0.359. The van der Waals surface area contributed by atoms with E-state index in [0.717, 1.165) is 23.7 Å². The van der Waals surface area contributed by atoms with Gasteiger partial charge in [0.2, 0.25) is 0 Å². The highest BCUT2D eigenvalue weighted by Gasteiger charge is 2.01. The molecule has 200 valence electrons. The minimum Gasteiger partial charge on any atom is -0.450 e. The molecule has 0 fully saturated rings. The van der Waals surface area contributed by atoms with E-state index in [9.17, 15) is 4.79 Å². The molecule has 5 heteroatoms. The van der Waals surface area contributed by atoms with E-state index in [0.29, 0.717) is 19.7 Å². The number of benzene rings is 4. The molecule has 0 saturated carbocycles. The Hall–Kier alpha value is -3.41. The Bertz CT molecular complexity index is 1090. The topological polar surface area (TPSA) is 64.4 Å². The Labute approximate surface area is 236 Å². The number of hydrogen-bond donors (Lipinski definition) is 2. The predicted molar refractivity (Wildman–Crippen MR) is 162 cm³/mol. The molecule has 3 N–H and O–H groups in total. The summed E-state index contributed by atoms with van der Waals surface area (Å²) in [6, 6.07) is 40.5. The lowest BCUT2D eigenvalue weighted by Crippen LogP contribution is -2.24. The largest absolute Gasteiger partial charge is 0.450 e. The smallest absolute Gasteiger partial charge is 0.407 e. The van der Waals surface area contributed by atoms with E-state index in [2.05, 4.69) is 63.7 Å². The zero-order valence-electron chi connectivity index (χ0n) is 22.0. The SMILES string of the molecule is BrCCCc1ccccc1.NCc1ccccc1.O=C(NCc1ccccc1)OCCCc1ccccc1. The van der Waals surface area contributed by atoms with Crippen LogP contribution in [0.1, 0.15) is 35.1 Å². The normalized spacial score (nSPS) is 9.74. The summed E-state index contributed by atoms with van der Waals surface area (Å²) in [5, 5.41) is 3.84. The lowest BCUT2D eigenvalue weighted by atomic mass is 10.1. The van der Waals surface area contributed by atoms with Gasteiger partial charge in [-0.2, -0.15) is 0 Å². The molecule has 0 bridgehead atoms. The summed E-state index contributed by atoms with van der Waals surface area (Å²) in [6.07, 6.45) is 3.81. The average Bonchev–Trinajstić information content (AvgIpc) is 3.00. The molecule has 0 radical (unpaired) electrons. The second kappa shape index (κ2) is 20.6. The highest BCUT2D eigenvalue weighted by atomic mass is 79.9. The fourth-order valence-corrected chi connectivity index (χ4v) is 3.72. The van der Waals surface area contributed by atoms with Crippen LogP contribution in [0.2, 0.25) is 0 Å². The summed E-state index contributed by atoms with van der Waals surface area (Å²) in [7, 11) is 0. The molecule has 0 spiro atoms. The molecule has 0 atom stereocenters. The third-order valence-corrected chi connectivity index (χ3v) is 6.05. The minimum absolute atomic E-state index is 0.359. The molecule has 0 aliphatic carbocycles.